The maximum atomic E-state index is 13.6. The van der Waals surface area contributed by atoms with Gasteiger partial charge in [-0.2, -0.15) is 0 Å². The number of nitrogens with zero attached hydrogens (tertiary/aromatic N) is 3. The highest BCUT2D eigenvalue weighted by Crippen LogP contribution is 2.45. The second-order valence-corrected chi connectivity index (χ2v) is 9.87. The van der Waals surface area contributed by atoms with Crippen LogP contribution in [0.25, 0.3) is 0 Å². The number of hydrogen-bond acceptors (Lipinski definition) is 6. The van der Waals surface area contributed by atoms with Crippen molar-refractivity contribution in [2.24, 2.45) is 0 Å². The predicted octanol–water partition coefficient (Wildman–Crippen LogP) is 0.649. The van der Waals surface area contributed by atoms with Crippen molar-refractivity contribution in [3.63, 3.8) is 0 Å². The van der Waals surface area contributed by atoms with Gasteiger partial charge >= 0.3 is 17.1 Å². The third-order valence-electron chi connectivity index (χ3n) is 8.20. The summed E-state index contributed by atoms with van der Waals surface area (Å²) in [7, 11) is 0. The molecule has 30 heavy (non-hydrogen) atoms. The molecule has 1 aromatic rings. The fourth-order valence-corrected chi connectivity index (χ4v) is 6.53. The molecular formula is C21H27N3O6. The molecule has 1 aromatic heterocycles. The average molecular weight is 417 g/mol. The molecule has 9 atom stereocenters. The van der Waals surface area contributed by atoms with E-state index in [4.69, 9.17) is 14.2 Å². The van der Waals surface area contributed by atoms with E-state index in [1.807, 2.05) is 0 Å². The van der Waals surface area contributed by atoms with Crippen molar-refractivity contribution in [1.82, 2.24) is 13.7 Å². The molecule has 162 valence electrons. The first kappa shape index (κ1) is 17.9. The van der Waals surface area contributed by atoms with E-state index in [1.54, 1.807) is 0 Å². The summed E-state index contributed by atoms with van der Waals surface area (Å²) in [5, 5.41) is 0. The van der Waals surface area contributed by atoms with Crippen molar-refractivity contribution >= 4 is 0 Å². The average Bonchev–Trinajstić information content (AvgIpc) is 3.59. The van der Waals surface area contributed by atoms with Gasteiger partial charge in [0, 0.05) is 0 Å². The molecule has 3 saturated carbocycles. The number of epoxide rings is 3. The normalized spacial score (nSPS) is 45.8. The van der Waals surface area contributed by atoms with E-state index in [1.165, 1.54) is 13.7 Å². The van der Waals surface area contributed by atoms with E-state index in [-0.39, 0.29) is 54.7 Å². The van der Waals surface area contributed by atoms with E-state index in [0.29, 0.717) is 0 Å². The van der Waals surface area contributed by atoms with Crippen molar-refractivity contribution in [2.75, 3.05) is 0 Å². The van der Waals surface area contributed by atoms with Crippen LogP contribution in [0, 0.1) is 0 Å². The van der Waals surface area contributed by atoms with E-state index in [0.717, 1.165) is 57.8 Å². The van der Waals surface area contributed by atoms with Gasteiger partial charge in [-0.1, -0.05) is 0 Å². The number of hydrogen-bond donors (Lipinski definition) is 0. The Balaban J connectivity index is 1.42. The molecule has 0 aromatic carbocycles. The van der Waals surface area contributed by atoms with Gasteiger partial charge in [-0.15, -0.1) is 0 Å². The molecule has 9 unspecified atom stereocenters. The summed E-state index contributed by atoms with van der Waals surface area (Å²) < 4.78 is 21.4. The summed E-state index contributed by atoms with van der Waals surface area (Å²) in [6, 6.07) is -0.873. The Labute approximate surface area is 172 Å². The van der Waals surface area contributed by atoms with Crippen LogP contribution in [0.1, 0.15) is 75.9 Å². The zero-order chi connectivity index (χ0) is 20.1. The molecule has 7 rings (SSSR count). The molecule has 3 aliphatic heterocycles. The maximum absolute atomic E-state index is 13.6. The Kier molecular flexibility index (Phi) is 3.69. The molecule has 0 amide bonds. The first-order valence-corrected chi connectivity index (χ1v) is 11.6. The highest BCUT2D eigenvalue weighted by molar-refractivity contribution is 5.05. The van der Waals surface area contributed by atoms with Crippen molar-refractivity contribution in [2.45, 2.75) is 113 Å². The van der Waals surface area contributed by atoms with Crippen molar-refractivity contribution < 1.29 is 14.2 Å². The topological polar surface area (TPSA) is 104 Å². The molecule has 9 heteroatoms. The van der Waals surface area contributed by atoms with E-state index >= 15 is 0 Å². The number of aromatic nitrogens is 3. The standard InChI is InChI=1S/C21H27N3O6/c25-19-22(10-4-1-7-13-16(10)28-13)20(26)24(12-6-3-9-15-18(12)30-15)21(27)23(19)11-5-2-8-14-17(11)29-14/h10-18H,1-9H2. The first-order valence-electron chi connectivity index (χ1n) is 11.6. The smallest absolute Gasteiger partial charge is 0.337 e. The molecular weight excluding hydrogens is 390 g/mol. The summed E-state index contributed by atoms with van der Waals surface area (Å²) in [5.41, 5.74) is -1.44. The molecule has 3 aliphatic carbocycles. The fourth-order valence-electron chi connectivity index (χ4n) is 6.53. The zero-order valence-corrected chi connectivity index (χ0v) is 16.9. The highest BCUT2D eigenvalue weighted by Gasteiger charge is 2.53. The molecule has 4 heterocycles. The summed E-state index contributed by atoms with van der Waals surface area (Å²) >= 11 is 0. The van der Waals surface area contributed by atoms with E-state index in [2.05, 4.69) is 0 Å². The molecule has 0 radical (unpaired) electrons. The predicted molar refractivity (Wildman–Crippen MR) is 104 cm³/mol. The fraction of sp³-hybridized carbons (Fsp3) is 0.857. The minimum absolute atomic E-state index is 0.0869. The van der Waals surface area contributed by atoms with Gasteiger partial charge in [0.05, 0.1) is 36.4 Å². The minimum atomic E-state index is -0.479. The lowest BCUT2D eigenvalue weighted by Gasteiger charge is -2.28. The minimum Gasteiger partial charge on any atom is -0.367 e. The Morgan fingerprint density at radius 1 is 0.500 bits per heavy atom. The molecule has 9 nitrogen and oxygen atoms in total. The summed E-state index contributed by atoms with van der Waals surface area (Å²) in [5.74, 6) is 0. The van der Waals surface area contributed by atoms with E-state index in [9.17, 15) is 14.4 Å². The number of rotatable bonds is 3. The van der Waals surface area contributed by atoms with Crippen LogP contribution in [0.2, 0.25) is 0 Å². The van der Waals surface area contributed by atoms with Gasteiger partial charge in [0.1, 0.15) is 18.3 Å². The third-order valence-corrected chi connectivity index (χ3v) is 8.20. The first-order chi connectivity index (χ1) is 14.6. The highest BCUT2D eigenvalue weighted by atomic mass is 16.6. The van der Waals surface area contributed by atoms with E-state index < -0.39 is 17.1 Å². The van der Waals surface area contributed by atoms with Crippen LogP contribution in [0.15, 0.2) is 14.4 Å². The quantitative estimate of drug-likeness (QED) is 0.669. The van der Waals surface area contributed by atoms with Gasteiger partial charge in [-0.05, 0) is 57.8 Å². The van der Waals surface area contributed by atoms with Gasteiger partial charge in [-0.25, -0.2) is 28.1 Å². The van der Waals surface area contributed by atoms with Gasteiger partial charge in [0.2, 0.25) is 0 Å². The molecule has 6 aliphatic rings. The van der Waals surface area contributed by atoms with Crippen LogP contribution in [0.4, 0.5) is 0 Å². The summed E-state index contributed by atoms with van der Waals surface area (Å²) in [6.07, 6.45) is 8.05. The number of ether oxygens (including phenoxy) is 3. The van der Waals surface area contributed by atoms with Crippen LogP contribution in [0.5, 0.6) is 0 Å². The maximum Gasteiger partial charge on any atom is 0.337 e. The molecule has 6 fully saturated rings. The third kappa shape index (κ3) is 2.48. The Bertz CT molecular complexity index is 910. The lowest BCUT2D eigenvalue weighted by Crippen LogP contribution is -2.59. The zero-order valence-electron chi connectivity index (χ0n) is 16.9. The second-order valence-electron chi connectivity index (χ2n) is 9.87. The van der Waals surface area contributed by atoms with Crippen molar-refractivity contribution in [3.05, 3.63) is 31.5 Å². The molecule has 0 bridgehead atoms. The van der Waals surface area contributed by atoms with Gasteiger partial charge in [-0.3, -0.25) is 0 Å². The SMILES string of the molecule is O=c1n(C2CCCC3OC32)c(=O)n(C2CCCC3OC32)c(=O)n1C1CCCC2OC21. The second kappa shape index (κ2) is 6.17. The molecule has 0 spiro atoms. The van der Waals surface area contributed by atoms with Crippen LogP contribution < -0.4 is 17.1 Å². The molecule has 3 saturated heterocycles. The molecule has 0 N–H and O–H groups in total. The van der Waals surface area contributed by atoms with Crippen molar-refractivity contribution in [1.29, 1.82) is 0 Å². The number of fused-ring (bicyclic) bond motifs is 3. The van der Waals surface area contributed by atoms with Crippen LogP contribution >= 0.6 is 0 Å². The summed E-state index contributed by atoms with van der Waals surface area (Å²) in [6.45, 7) is 0. The van der Waals surface area contributed by atoms with Crippen LogP contribution in [-0.2, 0) is 14.2 Å². The largest absolute Gasteiger partial charge is 0.367 e. The Morgan fingerprint density at radius 3 is 1.10 bits per heavy atom. The lowest BCUT2D eigenvalue weighted by atomic mass is 9.94. The van der Waals surface area contributed by atoms with Crippen LogP contribution in [-0.4, -0.2) is 50.3 Å². The van der Waals surface area contributed by atoms with Gasteiger partial charge in [0.15, 0.2) is 0 Å². The summed E-state index contributed by atoms with van der Waals surface area (Å²) in [4.78, 5) is 40.9. The van der Waals surface area contributed by atoms with Gasteiger partial charge < -0.3 is 14.2 Å². The lowest BCUT2D eigenvalue weighted by molar-refractivity contribution is 0.236. The Morgan fingerprint density at radius 2 is 0.800 bits per heavy atom. The van der Waals surface area contributed by atoms with Crippen molar-refractivity contribution in [3.8, 4) is 0 Å². The van der Waals surface area contributed by atoms with Gasteiger partial charge in [0.25, 0.3) is 0 Å². The van der Waals surface area contributed by atoms with Crippen LogP contribution in [0.3, 0.4) is 0 Å². The Hall–Kier alpha value is -1.71. The monoisotopic (exact) mass is 417 g/mol.